The van der Waals surface area contributed by atoms with E-state index in [0.717, 1.165) is 96.3 Å². The molecule has 3 aromatic carbocycles. The monoisotopic (exact) mass is 1190 g/mol. The Morgan fingerprint density at radius 2 is 0.481 bits per heavy atom. The Morgan fingerprint density at radius 1 is 0.291 bits per heavy atom. The van der Waals surface area contributed by atoms with Gasteiger partial charge in [-0.2, -0.15) is 0 Å². The molecule has 0 aromatic heterocycles. The van der Waals surface area contributed by atoms with Crippen LogP contribution >= 0.6 is 22.1 Å². The first kappa shape index (κ1) is 77.8. The maximum Gasteiger partial charge on any atom is 3.00 e. The normalized spacial score (nSPS) is 14.7. The molecule has 0 bridgehead atoms. The van der Waals surface area contributed by atoms with Crippen LogP contribution in [-0.4, -0.2) is 18.5 Å². The molecular formula is C69H120CrO6P3. The first-order valence-corrected chi connectivity index (χ1v) is 38.2. The second kappa shape index (κ2) is 49.1. The molecule has 0 aliphatic heterocycles. The maximum absolute atomic E-state index is 12.7. The third-order valence-corrected chi connectivity index (χ3v) is 22.6. The minimum Gasteiger partial charge on any atom is -0.796 e. The van der Waals surface area contributed by atoms with E-state index in [0.29, 0.717) is 52.2 Å². The van der Waals surface area contributed by atoms with Gasteiger partial charge in [0.1, 0.15) is 0 Å². The molecule has 79 heavy (non-hydrogen) atoms. The quantitative estimate of drug-likeness (QED) is 0.0411. The van der Waals surface area contributed by atoms with Gasteiger partial charge < -0.3 is 28.4 Å². The van der Waals surface area contributed by atoms with Crippen LogP contribution in [0.1, 0.15) is 291 Å². The van der Waals surface area contributed by atoms with Crippen molar-refractivity contribution in [3.05, 3.63) is 89.5 Å². The molecule has 0 saturated carbocycles. The molecule has 0 aliphatic carbocycles. The van der Waals surface area contributed by atoms with Crippen LogP contribution in [0, 0.1) is 17.8 Å². The van der Waals surface area contributed by atoms with E-state index >= 15 is 0 Å². The van der Waals surface area contributed by atoms with E-state index in [4.69, 9.17) is 0 Å². The molecule has 0 amide bonds. The van der Waals surface area contributed by atoms with E-state index < -0.39 is 22.1 Å². The molecule has 6 nitrogen and oxygen atoms in total. The molecular weight excluding hydrogens is 1070 g/mol. The minimum absolute atomic E-state index is 0. The molecule has 1 radical (unpaired) electrons. The topological polar surface area (TPSA) is 120 Å². The average molecular weight is 1190 g/mol. The Bertz CT molecular complexity index is 1760. The molecule has 10 heteroatoms. The average Bonchev–Trinajstić information content (AvgIpc) is 3.45. The van der Waals surface area contributed by atoms with Gasteiger partial charge in [-0.1, -0.05) is 328 Å². The molecule has 0 aliphatic rings. The number of unbranched alkanes of at least 4 members (excludes halogenated alkanes) is 21. The van der Waals surface area contributed by atoms with Crippen molar-refractivity contribution in [2.24, 2.45) is 17.8 Å². The van der Waals surface area contributed by atoms with Crippen molar-refractivity contribution in [3.8, 4) is 0 Å². The van der Waals surface area contributed by atoms with Gasteiger partial charge in [0.2, 0.25) is 0 Å². The third kappa shape index (κ3) is 37.6. The molecule has 453 valence electrons. The summed E-state index contributed by atoms with van der Waals surface area (Å²) in [6.45, 7) is 19.5. The largest absolute Gasteiger partial charge is 3.00 e. The summed E-state index contributed by atoms with van der Waals surface area (Å²) in [5, 5.41) is 1.57. The molecule has 3 aromatic rings. The predicted octanol–water partition coefficient (Wildman–Crippen LogP) is 19.4. The van der Waals surface area contributed by atoms with E-state index in [1.807, 2.05) is 72.8 Å². The number of rotatable bonds is 45. The van der Waals surface area contributed by atoms with Crippen LogP contribution < -0.4 is 30.6 Å². The minimum atomic E-state index is -3.48. The fourth-order valence-corrected chi connectivity index (χ4v) is 16.4. The van der Waals surface area contributed by atoms with Crippen LogP contribution in [0.4, 0.5) is 0 Å². The summed E-state index contributed by atoms with van der Waals surface area (Å²) >= 11 is 0. The fourth-order valence-electron chi connectivity index (χ4n) is 10.6. The van der Waals surface area contributed by atoms with Gasteiger partial charge in [-0.3, -0.25) is 0 Å². The van der Waals surface area contributed by atoms with E-state index in [-0.39, 0.29) is 17.4 Å². The van der Waals surface area contributed by atoms with E-state index in [1.165, 1.54) is 152 Å². The zero-order chi connectivity index (χ0) is 57.8. The van der Waals surface area contributed by atoms with Crippen LogP contribution in [-0.2, 0) is 50.3 Å². The number of hydrogen-bond donors (Lipinski definition) is 0. The predicted molar refractivity (Wildman–Crippen MR) is 341 cm³/mol. The van der Waals surface area contributed by atoms with Gasteiger partial charge in [-0.05, 0) is 107 Å². The Kier molecular flexibility index (Phi) is 48.3. The number of aryl methyl sites for hydroxylation is 3. The van der Waals surface area contributed by atoms with Gasteiger partial charge in [-0.15, -0.1) is 0 Å². The molecule has 6 atom stereocenters. The van der Waals surface area contributed by atoms with Crippen molar-refractivity contribution in [1.29, 1.82) is 0 Å². The SMILES string of the molecule is CCCCCCCCCc1ccc(P(=O)([O-])CC(CC)CCCC)cc1.CCCCCCCCCc1ccc(P(=O)([O-])CC(CC)CCCC)cc1.CCCCCCCCCc1ccc(P(=O)([O-])CC(CC)CCCC)cc1.[Cr+3]. The molecule has 0 fully saturated rings. The van der Waals surface area contributed by atoms with Crippen molar-refractivity contribution in [2.45, 2.75) is 293 Å². The van der Waals surface area contributed by atoms with Gasteiger partial charge >= 0.3 is 17.4 Å². The Hall–Kier alpha value is -1.24. The van der Waals surface area contributed by atoms with Crippen molar-refractivity contribution < 1.29 is 45.7 Å². The Morgan fingerprint density at radius 3 is 0.671 bits per heavy atom. The molecule has 0 heterocycles. The van der Waals surface area contributed by atoms with E-state index in [1.54, 1.807) is 0 Å². The summed E-state index contributed by atoms with van der Waals surface area (Å²) in [4.78, 5) is 38.1. The molecule has 3 rings (SSSR count). The summed E-state index contributed by atoms with van der Waals surface area (Å²) in [5.41, 5.74) is 3.79. The summed E-state index contributed by atoms with van der Waals surface area (Å²) < 4.78 is 38.1. The van der Waals surface area contributed by atoms with Crippen molar-refractivity contribution in [2.75, 3.05) is 18.5 Å². The second-order valence-corrected chi connectivity index (χ2v) is 30.1. The van der Waals surface area contributed by atoms with Crippen LogP contribution in [0.25, 0.3) is 0 Å². The van der Waals surface area contributed by atoms with Gasteiger partial charge in [0.25, 0.3) is 0 Å². The standard InChI is InChI=1S/3C23H41O2P.Cr/c3*1-4-7-9-10-11-12-13-15-22-16-18-23(19-17-22)26(24,25)20-21(6-3)14-8-5-2;/h3*16-19,21H,4-15,20H2,1-3H3,(H,24,25);/q;;;+3/p-3. The zero-order valence-corrected chi connectivity index (χ0v) is 56.4. The van der Waals surface area contributed by atoms with Crippen LogP contribution in [0.3, 0.4) is 0 Å². The van der Waals surface area contributed by atoms with Crippen LogP contribution in [0.15, 0.2) is 72.8 Å². The first-order chi connectivity index (χ1) is 37.6. The maximum atomic E-state index is 12.7. The third-order valence-electron chi connectivity index (χ3n) is 16.3. The van der Waals surface area contributed by atoms with Crippen LogP contribution in [0.2, 0.25) is 0 Å². The number of benzene rings is 3. The van der Waals surface area contributed by atoms with Crippen molar-refractivity contribution in [1.82, 2.24) is 0 Å². The van der Waals surface area contributed by atoms with Gasteiger partial charge in [0, 0.05) is 22.1 Å². The van der Waals surface area contributed by atoms with Gasteiger partial charge in [0.05, 0.1) is 0 Å². The zero-order valence-electron chi connectivity index (χ0n) is 52.4. The Labute approximate surface area is 500 Å². The van der Waals surface area contributed by atoms with Crippen LogP contribution in [0.5, 0.6) is 0 Å². The van der Waals surface area contributed by atoms with Crippen molar-refractivity contribution >= 4 is 38.0 Å². The van der Waals surface area contributed by atoms with E-state index in [2.05, 4.69) is 62.3 Å². The summed E-state index contributed by atoms with van der Waals surface area (Å²) in [6, 6.07) is 23.1. The molecule has 6 unspecified atom stereocenters. The fraction of sp³-hybridized carbons (Fsp3) is 0.739. The smallest absolute Gasteiger partial charge is 0.796 e. The summed E-state index contributed by atoms with van der Waals surface area (Å²) in [7, 11) is -10.4. The second-order valence-electron chi connectivity index (χ2n) is 23.4. The molecule has 0 spiro atoms. The first-order valence-electron chi connectivity index (χ1n) is 32.8. The number of hydrogen-bond acceptors (Lipinski definition) is 6. The molecule has 0 saturated heterocycles. The Balaban J connectivity index is 0.00000115. The van der Waals surface area contributed by atoms with E-state index in [9.17, 15) is 28.4 Å². The molecule has 0 N–H and O–H groups in total. The summed E-state index contributed by atoms with van der Waals surface area (Å²) in [5.74, 6) is 0.891. The van der Waals surface area contributed by atoms with Crippen molar-refractivity contribution in [3.63, 3.8) is 0 Å². The van der Waals surface area contributed by atoms with Gasteiger partial charge in [0.15, 0.2) is 0 Å². The summed E-state index contributed by atoms with van der Waals surface area (Å²) in [6.07, 6.45) is 44.3. The van der Waals surface area contributed by atoms with Gasteiger partial charge in [-0.25, -0.2) is 0 Å².